The standard InChI is InChI=1S/C23H28N2O3/c1-27-21-7-3-4-8-22(21)28-20-16-25(17-20)23(26)19-11-9-18(10-12-19)15-24-13-5-2-6-14-24/h3-4,7-12,20H,2,5-6,13-17H2,1H3. The lowest BCUT2D eigenvalue weighted by molar-refractivity contribution is 0.0169. The Labute approximate surface area is 166 Å². The number of hydrogen-bond donors (Lipinski definition) is 0. The minimum Gasteiger partial charge on any atom is -0.493 e. The summed E-state index contributed by atoms with van der Waals surface area (Å²) >= 11 is 0. The van der Waals surface area contributed by atoms with Crippen molar-refractivity contribution in [2.24, 2.45) is 0 Å². The van der Waals surface area contributed by atoms with Crippen molar-refractivity contribution in [3.63, 3.8) is 0 Å². The fourth-order valence-electron chi connectivity index (χ4n) is 3.89. The molecule has 1 amide bonds. The van der Waals surface area contributed by atoms with Crippen LogP contribution in [0.5, 0.6) is 11.5 Å². The smallest absolute Gasteiger partial charge is 0.254 e. The Morgan fingerprint density at radius 2 is 1.64 bits per heavy atom. The quantitative estimate of drug-likeness (QED) is 0.768. The van der Waals surface area contributed by atoms with E-state index < -0.39 is 0 Å². The lowest BCUT2D eigenvalue weighted by Crippen LogP contribution is -2.56. The van der Waals surface area contributed by atoms with Gasteiger partial charge in [0.1, 0.15) is 6.10 Å². The van der Waals surface area contributed by atoms with Crippen LogP contribution < -0.4 is 9.47 Å². The van der Waals surface area contributed by atoms with Crippen LogP contribution in [0.15, 0.2) is 48.5 Å². The van der Waals surface area contributed by atoms with Crippen molar-refractivity contribution in [3.05, 3.63) is 59.7 Å². The van der Waals surface area contributed by atoms with E-state index in [2.05, 4.69) is 17.0 Å². The van der Waals surface area contributed by atoms with Crippen LogP contribution in [0.3, 0.4) is 0 Å². The number of amides is 1. The first kappa shape index (κ1) is 18.8. The van der Waals surface area contributed by atoms with Gasteiger partial charge in [0.2, 0.25) is 0 Å². The zero-order valence-corrected chi connectivity index (χ0v) is 16.5. The molecule has 0 saturated carbocycles. The summed E-state index contributed by atoms with van der Waals surface area (Å²) in [5.74, 6) is 1.52. The zero-order valence-electron chi connectivity index (χ0n) is 16.5. The number of hydrogen-bond acceptors (Lipinski definition) is 4. The molecule has 148 valence electrons. The minimum atomic E-state index is 0.0126. The molecule has 0 atom stereocenters. The number of carbonyl (C=O) groups excluding carboxylic acids is 1. The van der Waals surface area contributed by atoms with Crippen LogP contribution in [-0.4, -0.2) is 55.1 Å². The maximum atomic E-state index is 12.7. The Hall–Kier alpha value is -2.53. The van der Waals surface area contributed by atoms with Crippen molar-refractivity contribution >= 4 is 5.91 Å². The number of likely N-dealkylation sites (tertiary alicyclic amines) is 2. The van der Waals surface area contributed by atoms with E-state index in [1.807, 2.05) is 41.3 Å². The van der Waals surface area contributed by atoms with Gasteiger partial charge in [-0.15, -0.1) is 0 Å². The minimum absolute atomic E-state index is 0.0126. The molecule has 2 aliphatic rings. The fraction of sp³-hybridized carbons (Fsp3) is 0.435. The van der Waals surface area contributed by atoms with Crippen LogP contribution in [0.25, 0.3) is 0 Å². The first-order chi connectivity index (χ1) is 13.7. The lowest BCUT2D eigenvalue weighted by atomic mass is 10.1. The number of carbonyl (C=O) groups is 1. The molecule has 0 N–H and O–H groups in total. The summed E-state index contributed by atoms with van der Waals surface area (Å²) in [5, 5.41) is 0. The number of para-hydroxylation sites is 2. The molecule has 2 fully saturated rings. The van der Waals surface area contributed by atoms with E-state index in [4.69, 9.17) is 9.47 Å². The van der Waals surface area contributed by atoms with Gasteiger partial charge in [-0.05, 0) is 55.8 Å². The van der Waals surface area contributed by atoms with E-state index in [9.17, 15) is 4.79 Å². The first-order valence-corrected chi connectivity index (χ1v) is 10.1. The van der Waals surface area contributed by atoms with Crippen LogP contribution >= 0.6 is 0 Å². The van der Waals surface area contributed by atoms with Crippen molar-refractivity contribution in [1.29, 1.82) is 0 Å². The molecule has 0 radical (unpaired) electrons. The topological polar surface area (TPSA) is 42.0 Å². The summed E-state index contributed by atoms with van der Waals surface area (Å²) < 4.78 is 11.3. The number of ether oxygens (including phenoxy) is 2. The van der Waals surface area contributed by atoms with Gasteiger partial charge in [0.15, 0.2) is 11.5 Å². The monoisotopic (exact) mass is 380 g/mol. The van der Waals surface area contributed by atoms with Gasteiger partial charge in [-0.2, -0.15) is 0 Å². The summed E-state index contributed by atoms with van der Waals surface area (Å²) in [4.78, 5) is 17.0. The second-order valence-electron chi connectivity index (χ2n) is 7.63. The molecule has 5 heteroatoms. The summed E-state index contributed by atoms with van der Waals surface area (Å²) in [6.45, 7) is 4.55. The highest BCUT2D eigenvalue weighted by Gasteiger charge is 2.33. The summed E-state index contributed by atoms with van der Waals surface area (Å²) in [6.07, 6.45) is 3.95. The maximum Gasteiger partial charge on any atom is 0.254 e. The SMILES string of the molecule is COc1ccccc1OC1CN(C(=O)c2ccc(CN3CCCCC3)cc2)C1. The van der Waals surface area contributed by atoms with Crippen LogP contribution in [0.4, 0.5) is 0 Å². The molecular formula is C23H28N2O3. The molecule has 0 aromatic heterocycles. The van der Waals surface area contributed by atoms with E-state index in [0.717, 1.165) is 23.6 Å². The Morgan fingerprint density at radius 1 is 0.964 bits per heavy atom. The maximum absolute atomic E-state index is 12.7. The summed E-state index contributed by atoms with van der Waals surface area (Å²) in [5.41, 5.74) is 2.03. The van der Waals surface area contributed by atoms with Crippen molar-refractivity contribution in [1.82, 2.24) is 9.80 Å². The summed E-state index contributed by atoms with van der Waals surface area (Å²) in [6, 6.07) is 15.7. The number of methoxy groups -OCH3 is 1. The average molecular weight is 380 g/mol. The van der Waals surface area contributed by atoms with Gasteiger partial charge in [-0.3, -0.25) is 9.69 Å². The summed E-state index contributed by atoms with van der Waals surface area (Å²) in [7, 11) is 1.63. The molecule has 2 saturated heterocycles. The number of rotatable bonds is 6. The molecule has 28 heavy (non-hydrogen) atoms. The van der Waals surface area contributed by atoms with Crippen molar-refractivity contribution in [2.45, 2.75) is 31.9 Å². The lowest BCUT2D eigenvalue weighted by Gasteiger charge is -2.39. The molecule has 2 aliphatic heterocycles. The second kappa shape index (κ2) is 8.65. The Kier molecular flexibility index (Phi) is 5.81. The van der Waals surface area contributed by atoms with E-state index in [-0.39, 0.29) is 12.0 Å². The van der Waals surface area contributed by atoms with Crippen LogP contribution in [0, 0.1) is 0 Å². The largest absolute Gasteiger partial charge is 0.493 e. The second-order valence-corrected chi connectivity index (χ2v) is 7.63. The molecule has 0 bridgehead atoms. The molecule has 0 aliphatic carbocycles. The Morgan fingerprint density at radius 3 is 2.32 bits per heavy atom. The normalized spacial score (nSPS) is 17.8. The molecule has 0 spiro atoms. The third-order valence-electron chi connectivity index (χ3n) is 5.55. The molecule has 4 rings (SSSR count). The van der Waals surface area contributed by atoms with Crippen LogP contribution in [-0.2, 0) is 6.54 Å². The van der Waals surface area contributed by atoms with Gasteiger partial charge in [-0.1, -0.05) is 30.7 Å². The van der Waals surface area contributed by atoms with Gasteiger partial charge in [0, 0.05) is 12.1 Å². The highest BCUT2D eigenvalue weighted by molar-refractivity contribution is 5.94. The molecule has 0 unspecified atom stereocenters. The van der Waals surface area contributed by atoms with Crippen molar-refractivity contribution in [2.75, 3.05) is 33.3 Å². The highest BCUT2D eigenvalue weighted by Crippen LogP contribution is 2.29. The molecular weight excluding hydrogens is 352 g/mol. The highest BCUT2D eigenvalue weighted by atomic mass is 16.5. The third kappa shape index (κ3) is 4.30. The molecule has 5 nitrogen and oxygen atoms in total. The number of piperidine rings is 1. The van der Waals surface area contributed by atoms with E-state index in [1.165, 1.54) is 37.9 Å². The zero-order chi connectivity index (χ0) is 19.3. The van der Waals surface area contributed by atoms with Crippen molar-refractivity contribution < 1.29 is 14.3 Å². The van der Waals surface area contributed by atoms with E-state index in [1.54, 1.807) is 7.11 Å². The van der Waals surface area contributed by atoms with E-state index >= 15 is 0 Å². The number of benzene rings is 2. The van der Waals surface area contributed by atoms with Crippen molar-refractivity contribution in [3.8, 4) is 11.5 Å². The van der Waals surface area contributed by atoms with Gasteiger partial charge < -0.3 is 14.4 Å². The fourth-order valence-corrected chi connectivity index (χ4v) is 3.89. The molecule has 2 aromatic rings. The van der Waals surface area contributed by atoms with Gasteiger partial charge in [-0.25, -0.2) is 0 Å². The molecule has 2 aromatic carbocycles. The van der Waals surface area contributed by atoms with Gasteiger partial charge in [0.05, 0.1) is 20.2 Å². The van der Waals surface area contributed by atoms with Crippen LogP contribution in [0.2, 0.25) is 0 Å². The molecule has 2 heterocycles. The Bertz CT molecular complexity index is 794. The number of nitrogens with zero attached hydrogens (tertiary/aromatic N) is 2. The van der Waals surface area contributed by atoms with Crippen LogP contribution in [0.1, 0.15) is 35.2 Å². The predicted octanol–water partition coefficient (Wildman–Crippen LogP) is 3.58. The van der Waals surface area contributed by atoms with E-state index in [0.29, 0.717) is 13.1 Å². The Balaban J connectivity index is 1.28. The average Bonchev–Trinajstić information content (AvgIpc) is 2.71. The first-order valence-electron chi connectivity index (χ1n) is 10.1. The third-order valence-corrected chi connectivity index (χ3v) is 5.55. The van der Waals surface area contributed by atoms with Gasteiger partial charge in [0.25, 0.3) is 5.91 Å². The van der Waals surface area contributed by atoms with Gasteiger partial charge >= 0.3 is 0 Å². The predicted molar refractivity (Wildman–Crippen MR) is 109 cm³/mol.